The van der Waals surface area contributed by atoms with Gasteiger partial charge in [0.25, 0.3) is 5.56 Å². The van der Waals surface area contributed by atoms with E-state index in [1.165, 1.54) is 0 Å². The summed E-state index contributed by atoms with van der Waals surface area (Å²) in [5.74, 6) is 0.296. The van der Waals surface area contributed by atoms with E-state index < -0.39 is 0 Å². The third-order valence-corrected chi connectivity index (χ3v) is 5.27. The van der Waals surface area contributed by atoms with E-state index in [1.54, 1.807) is 17.9 Å². The van der Waals surface area contributed by atoms with E-state index in [0.29, 0.717) is 24.0 Å². The molecule has 0 radical (unpaired) electrons. The zero-order valence-corrected chi connectivity index (χ0v) is 17.0. The molecule has 0 amide bonds. The fourth-order valence-electron chi connectivity index (χ4n) is 3.17. The molecular formula is C17H18BrCl2N3O2. The highest BCUT2D eigenvalue weighted by Gasteiger charge is 2.28. The van der Waals surface area contributed by atoms with E-state index in [1.807, 2.05) is 24.0 Å². The molecule has 1 aromatic heterocycles. The second-order valence-electron chi connectivity index (χ2n) is 5.91. The summed E-state index contributed by atoms with van der Waals surface area (Å²) in [5.41, 5.74) is 1.71. The monoisotopic (exact) mass is 445 g/mol. The van der Waals surface area contributed by atoms with E-state index in [2.05, 4.69) is 20.9 Å². The largest absolute Gasteiger partial charge is 0.383 e. The topological polar surface area (TPSA) is 47.4 Å². The number of aromatic nitrogens is 2. The van der Waals surface area contributed by atoms with Crippen LogP contribution < -0.4 is 10.5 Å². The normalized spacial score (nSPS) is 14.7. The maximum absolute atomic E-state index is 13.1. The average molecular weight is 447 g/mol. The predicted octanol–water partition coefficient (Wildman–Crippen LogP) is 4.60. The molecule has 0 N–H and O–H groups in total. The standard InChI is InChI=1S/C17H18BrCl2N3O2/c1-3-12(9-25-2)23-8-14(20)21-16(17(23)24)22-5-4-10-6-11(18)7-13(19)15(10)22/h6-8,12H,3-5,9H2,1-2H3. The van der Waals surface area contributed by atoms with Crippen molar-refractivity contribution < 1.29 is 4.74 Å². The van der Waals surface area contributed by atoms with Gasteiger partial charge in [-0.1, -0.05) is 46.1 Å². The Kier molecular flexibility index (Phi) is 5.73. The molecule has 5 nitrogen and oxygen atoms in total. The molecule has 0 saturated carbocycles. The van der Waals surface area contributed by atoms with Gasteiger partial charge in [-0.15, -0.1) is 0 Å². The predicted molar refractivity (Wildman–Crippen MR) is 105 cm³/mol. The molecule has 2 heterocycles. The van der Waals surface area contributed by atoms with E-state index in [-0.39, 0.29) is 16.8 Å². The van der Waals surface area contributed by atoms with Crippen molar-refractivity contribution in [2.24, 2.45) is 0 Å². The lowest BCUT2D eigenvalue weighted by molar-refractivity contribution is 0.151. The van der Waals surface area contributed by atoms with Gasteiger partial charge in [-0.3, -0.25) is 4.79 Å². The molecule has 3 rings (SSSR count). The molecule has 0 aliphatic carbocycles. The quantitative estimate of drug-likeness (QED) is 0.673. The number of anilines is 2. The summed E-state index contributed by atoms with van der Waals surface area (Å²) < 4.78 is 7.76. The summed E-state index contributed by atoms with van der Waals surface area (Å²) in [6.45, 7) is 3.07. The van der Waals surface area contributed by atoms with Crippen molar-refractivity contribution in [2.45, 2.75) is 25.8 Å². The van der Waals surface area contributed by atoms with Crippen LogP contribution in [0.15, 0.2) is 27.6 Å². The maximum atomic E-state index is 13.1. The van der Waals surface area contributed by atoms with Gasteiger partial charge in [-0.2, -0.15) is 0 Å². The van der Waals surface area contributed by atoms with Gasteiger partial charge >= 0.3 is 0 Å². The number of ether oxygens (including phenoxy) is 1. The van der Waals surface area contributed by atoms with Crippen LogP contribution >= 0.6 is 39.1 Å². The molecule has 0 fully saturated rings. The number of fused-ring (bicyclic) bond motifs is 1. The van der Waals surface area contributed by atoms with Crippen LogP contribution in [0.2, 0.25) is 10.2 Å². The van der Waals surface area contributed by atoms with E-state index in [0.717, 1.165) is 28.6 Å². The number of hydrogen-bond acceptors (Lipinski definition) is 4. The van der Waals surface area contributed by atoms with Gasteiger partial charge in [0.05, 0.1) is 23.4 Å². The lowest BCUT2D eigenvalue weighted by Crippen LogP contribution is -2.33. The minimum absolute atomic E-state index is 0.0980. The van der Waals surface area contributed by atoms with Crippen LogP contribution in [-0.2, 0) is 11.2 Å². The number of nitrogens with zero attached hydrogens (tertiary/aromatic N) is 3. The molecule has 25 heavy (non-hydrogen) atoms. The van der Waals surface area contributed by atoms with Crippen LogP contribution in [0.4, 0.5) is 11.5 Å². The van der Waals surface area contributed by atoms with Gasteiger partial charge in [0.15, 0.2) is 0 Å². The van der Waals surface area contributed by atoms with Gasteiger partial charge in [0.2, 0.25) is 5.82 Å². The van der Waals surface area contributed by atoms with Gasteiger partial charge < -0.3 is 14.2 Å². The third kappa shape index (κ3) is 3.58. The molecule has 0 saturated heterocycles. The summed E-state index contributed by atoms with van der Waals surface area (Å²) in [5, 5.41) is 0.851. The molecule has 134 valence electrons. The highest BCUT2D eigenvalue weighted by Crippen LogP contribution is 2.40. The summed E-state index contributed by atoms with van der Waals surface area (Å²) in [6, 6.07) is 3.74. The van der Waals surface area contributed by atoms with Crippen LogP contribution in [-0.4, -0.2) is 29.8 Å². The first-order valence-corrected chi connectivity index (χ1v) is 9.54. The Balaban J connectivity index is 2.12. The van der Waals surface area contributed by atoms with Crippen molar-refractivity contribution in [1.29, 1.82) is 0 Å². The smallest absolute Gasteiger partial charge is 0.294 e. The summed E-state index contributed by atoms with van der Waals surface area (Å²) >= 11 is 16.1. The van der Waals surface area contributed by atoms with Crippen molar-refractivity contribution in [3.05, 3.63) is 48.9 Å². The van der Waals surface area contributed by atoms with Crippen molar-refractivity contribution in [3.63, 3.8) is 0 Å². The van der Waals surface area contributed by atoms with Crippen LogP contribution in [0.1, 0.15) is 24.9 Å². The number of hydrogen-bond donors (Lipinski definition) is 0. The van der Waals surface area contributed by atoms with Crippen LogP contribution in [0.5, 0.6) is 0 Å². The SMILES string of the molecule is CCC(COC)n1cc(Cl)nc(N2CCc3cc(Br)cc(Cl)c32)c1=O. The molecule has 2 aromatic rings. The highest BCUT2D eigenvalue weighted by atomic mass is 79.9. The Morgan fingerprint density at radius 2 is 2.16 bits per heavy atom. The molecule has 1 unspecified atom stereocenters. The van der Waals surface area contributed by atoms with Gasteiger partial charge in [-0.25, -0.2) is 4.98 Å². The number of methoxy groups -OCH3 is 1. The molecule has 8 heteroatoms. The van der Waals surface area contributed by atoms with Gasteiger partial charge in [-0.05, 0) is 30.5 Å². The fraction of sp³-hybridized carbons (Fsp3) is 0.412. The second-order valence-corrected chi connectivity index (χ2v) is 7.62. The molecule has 1 aliphatic rings. The lowest BCUT2D eigenvalue weighted by Gasteiger charge is -2.23. The van der Waals surface area contributed by atoms with Crippen molar-refractivity contribution in [1.82, 2.24) is 9.55 Å². The zero-order valence-electron chi connectivity index (χ0n) is 13.9. The number of rotatable bonds is 5. The molecule has 1 atom stereocenters. The van der Waals surface area contributed by atoms with Crippen LogP contribution in [0.3, 0.4) is 0 Å². The molecule has 0 spiro atoms. The first-order valence-electron chi connectivity index (χ1n) is 7.99. The Morgan fingerprint density at radius 1 is 1.40 bits per heavy atom. The average Bonchev–Trinajstić information content (AvgIpc) is 2.98. The molecule has 0 bridgehead atoms. The van der Waals surface area contributed by atoms with E-state index >= 15 is 0 Å². The molecular weight excluding hydrogens is 429 g/mol. The van der Waals surface area contributed by atoms with Crippen LogP contribution in [0, 0.1) is 0 Å². The molecule has 1 aromatic carbocycles. The zero-order chi connectivity index (χ0) is 18.1. The minimum atomic E-state index is -0.194. The van der Waals surface area contributed by atoms with Gasteiger partial charge in [0.1, 0.15) is 5.15 Å². The second kappa shape index (κ2) is 7.66. The summed E-state index contributed by atoms with van der Waals surface area (Å²) in [7, 11) is 1.62. The first kappa shape index (κ1) is 18.7. The Labute approximate surface area is 164 Å². The minimum Gasteiger partial charge on any atom is -0.383 e. The highest BCUT2D eigenvalue weighted by molar-refractivity contribution is 9.10. The Bertz CT molecular complexity index is 857. The van der Waals surface area contributed by atoms with E-state index in [4.69, 9.17) is 27.9 Å². The number of benzene rings is 1. The summed E-state index contributed by atoms with van der Waals surface area (Å²) in [4.78, 5) is 19.2. The molecule has 1 aliphatic heterocycles. The Hall–Kier alpha value is -1.08. The van der Waals surface area contributed by atoms with Crippen molar-refractivity contribution in [3.8, 4) is 0 Å². The van der Waals surface area contributed by atoms with Crippen LogP contribution in [0.25, 0.3) is 0 Å². The maximum Gasteiger partial charge on any atom is 0.294 e. The van der Waals surface area contributed by atoms with E-state index in [9.17, 15) is 4.79 Å². The lowest BCUT2D eigenvalue weighted by atomic mass is 10.2. The Morgan fingerprint density at radius 3 is 2.84 bits per heavy atom. The van der Waals surface area contributed by atoms with Crippen molar-refractivity contribution >= 4 is 50.6 Å². The third-order valence-electron chi connectivity index (χ3n) is 4.35. The number of halogens is 3. The summed E-state index contributed by atoms with van der Waals surface area (Å²) in [6.07, 6.45) is 3.11. The van der Waals surface area contributed by atoms with Gasteiger partial charge in [0, 0.05) is 24.3 Å². The first-order chi connectivity index (χ1) is 12.0. The fourth-order valence-corrected chi connectivity index (χ4v) is 4.33. The van der Waals surface area contributed by atoms with Crippen molar-refractivity contribution in [2.75, 3.05) is 25.2 Å².